The number of hydrogen-bond donors (Lipinski definition) is 3. The maximum absolute atomic E-state index is 5.40. The van der Waals surface area contributed by atoms with Gasteiger partial charge in [-0.1, -0.05) is 19.8 Å². The Bertz CT molecular complexity index is 398. The van der Waals surface area contributed by atoms with Gasteiger partial charge in [-0.05, 0) is 18.8 Å². The Kier molecular flexibility index (Phi) is 4.19. The molecule has 1 aromatic heterocycles. The number of ether oxygens (including phenoxy) is 1. The Labute approximate surface area is 107 Å². The van der Waals surface area contributed by atoms with Crippen molar-refractivity contribution in [1.29, 1.82) is 0 Å². The van der Waals surface area contributed by atoms with Crippen molar-refractivity contribution in [3.8, 4) is 5.75 Å². The van der Waals surface area contributed by atoms with Crippen LogP contribution >= 0.6 is 0 Å². The minimum Gasteiger partial charge on any atom is -0.490 e. The molecule has 18 heavy (non-hydrogen) atoms. The first-order valence-electron chi connectivity index (χ1n) is 6.36. The molecule has 1 aliphatic carbocycles. The van der Waals surface area contributed by atoms with Crippen LogP contribution in [0.2, 0.25) is 0 Å². The maximum Gasteiger partial charge on any atom is 0.205 e. The summed E-state index contributed by atoms with van der Waals surface area (Å²) < 4.78 is 5.31. The van der Waals surface area contributed by atoms with E-state index >= 15 is 0 Å². The highest BCUT2D eigenvalue weighted by atomic mass is 16.5. The number of aromatic nitrogens is 2. The SMILES string of the molecule is COc1c(NN)ncnc1NC1CCCC(C)C1. The molecule has 0 aliphatic heterocycles. The van der Waals surface area contributed by atoms with E-state index < -0.39 is 0 Å². The van der Waals surface area contributed by atoms with Crippen LogP contribution in [0.15, 0.2) is 6.33 Å². The fourth-order valence-corrected chi connectivity index (χ4v) is 2.53. The molecule has 0 saturated heterocycles. The molecule has 100 valence electrons. The second-order valence-electron chi connectivity index (χ2n) is 4.86. The smallest absolute Gasteiger partial charge is 0.205 e. The van der Waals surface area contributed by atoms with Crippen LogP contribution in [0.5, 0.6) is 5.75 Å². The van der Waals surface area contributed by atoms with E-state index in [9.17, 15) is 0 Å². The van der Waals surface area contributed by atoms with E-state index in [4.69, 9.17) is 10.6 Å². The third-order valence-corrected chi connectivity index (χ3v) is 3.42. The molecule has 0 aromatic carbocycles. The molecule has 0 bridgehead atoms. The Morgan fingerprint density at radius 3 is 2.78 bits per heavy atom. The zero-order chi connectivity index (χ0) is 13.0. The summed E-state index contributed by atoms with van der Waals surface area (Å²) in [5.74, 6) is 7.94. The summed E-state index contributed by atoms with van der Waals surface area (Å²) in [7, 11) is 1.59. The van der Waals surface area contributed by atoms with Crippen LogP contribution in [0.4, 0.5) is 11.6 Å². The average molecular weight is 251 g/mol. The molecule has 2 rings (SSSR count). The third kappa shape index (κ3) is 2.81. The van der Waals surface area contributed by atoms with Crippen molar-refractivity contribution in [3.05, 3.63) is 6.33 Å². The highest BCUT2D eigenvalue weighted by molar-refractivity contribution is 5.63. The Morgan fingerprint density at radius 2 is 2.11 bits per heavy atom. The monoisotopic (exact) mass is 251 g/mol. The number of anilines is 2. The van der Waals surface area contributed by atoms with Gasteiger partial charge in [0.15, 0.2) is 11.6 Å². The van der Waals surface area contributed by atoms with Gasteiger partial charge < -0.3 is 15.5 Å². The molecule has 2 unspecified atom stereocenters. The van der Waals surface area contributed by atoms with Gasteiger partial charge in [0, 0.05) is 6.04 Å². The van der Waals surface area contributed by atoms with Crippen molar-refractivity contribution in [3.63, 3.8) is 0 Å². The van der Waals surface area contributed by atoms with Crippen LogP contribution in [-0.2, 0) is 0 Å². The first-order valence-corrected chi connectivity index (χ1v) is 6.36. The van der Waals surface area contributed by atoms with Crippen LogP contribution in [0.3, 0.4) is 0 Å². The van der Waals surface area contributed by atoms with Crippen molar-refractivity contribution in [1.82, 2.24) is 9.97 Å². The number of nitrogens with zero attached hydrogens (tertiary/aromatic N) is 2. The quantitative estimate of drug-likeness (QED) is 0.558. The third-order valence-electron chi connectivity index (χ3n) is 3.42. The average Bonchev–Trinajstić information content (AvgIpc) is 2.38. The second-order valence-corrected chi connectivity index (χ2v) is 4.86. The van der Waals surface area contributed by atoms with Gasteiger partial charge in [-0.2, -0.15) is 0 Å². The van der Waals surface area contributed by atoms with E-state index in [-0.39, 0.29) is 0 Å². The number of nitrogen functional groups attached to an aromatic ring is 1. The van der Waals surface area contributed by atoms with Gasteiger partial charge in [0.25, 0.3) is 0 Å². The van der Waals surface area contributed by atoms with Crippen LogP contribution in [0, 0.1) is 5.92 Å². The fourth-order valence-electron chi connectivity index (χ4n) is 2.53. The molecular weight excluding hydrogens is 230 g/mol. The molecule has 1 heterocycles. The molecule has 0 radical (unpaired) electrons. The highest BCUT2D eigenvalue weighted by Gasteiger charge is 2.21. The summed E-state index contributed by atoms with van der Waals surface area (Å²) in [6.07, 6.45) is 6.39. The summed E-state index contributed by atoms with van der Waals surface area (Å²) in [4.78, 5) is 8.26. The van der Waals surface area contributed by atoms with Crippen molar-refractivity contribution < 1.29 is 4.74 Å². The van der Waals surface area contributed by atoms with Crippen molar-refractivity contribution in [2.45, 2.75) is 38.6 Å². The highest BCUT2D eigenvalue weighted by Crippen LogP contribution is 2.32. The molecule has 6 nitrogen and oxygen atoms in total. The Morgan fingerprint density at radius 1 is 1.33 bits per heavy atom. The predicted molar refractivity (Wildman–Crippen MR) is 71.4 cm³/mol. The standard InChI is InChI=1S/C12H21N5O/c1-8-4-3-5-9(6-8)16-11-10(18-2)12(17-13)15-7-14-11/h7-9H,3-6,13H2,1-2H3,(H2,14,15,16,17). The minimum absolute atomic E-state index is 0.447. The minimum atomic E-state index is 0.447. The lowest BCUT2D eigenvalue weighted by molar-refractivity contribution is 0.356. The molecule has 0 amide bonds. The number of nitrogens with two attached hydrogens (primary N) is 1. The molecular formula is C12H21N5O. The first kappa shape index (κ1) is 12.9. The summed E-state index contributed by atoms with van der Waals surface area (Å²) in [6, 6.07) is 0.447. The van der Waals surface area contributed by atoms with E-state index in [1.165, 1.54) is 32.0 Å². The maximum atomic E-state index is 5.40. The molecule has 1 aliphatic rings. The second kappa shape index (κ2) is 5.86. The van der Waals surface area contributed by atoms with Crippen LogP contribution in [-0.4, -0.2) is 23.1 Å². The normalized spacial score (nSPS) is 23.5. The van der Waals surface area contributed by atoms with Gasteiger partial charge in [0.1, 0.15) is 6.33 Å². The van der Waals surface area contributed by atoms with Gasteiger partial charge in [0.05, 0.1) is 7.11 Å². The summed E-state index contributed by atoms with van der Waals surface area (Å²) in [5, 5.41) is 3.43. The first-order chi connectivity index (χ1) is 8.74. The summed E-state index contributed by atoms with van der Waals surface area (Å²) >= 11 is 0. The van der Waals surface area contributed by atoms with Crippen LogP contribution < -0.4 is 21.3 Å². The summed E-state index contributed by atoms with van der Waals surface area (Å²) in [5.41, 5.74) is 2.52. The van der Waals surface area contributed by atoms with Crippen LogP contribution in [0.25, 0.3) is 0 Å². The molecule has 1 saturated carbocycles. The lowest BCUT2D eigenvalue weighted by atomic mass is 9.87. The Balaban J connectivity index is 2.12. The lowest BCUT2D eigenvalue weighted by Gasteiger charge is -2.28. The van der Waals surface area contributed by atoms with Crippen molar-refractivity contribution in [2.75, 3.05) is 17.9 Å². The number of hydrogen-bond acceptors (Lipinski definition) is 6. The summed E-state index contributed by atoms with van der Waals surface area (Å²) in [6.45, 7) is 2.29. The number of rotatable bonds is 4. The largest absolute Gasteiger partial charge is 0.490 e. The van der Waals surface area contributed by atoms with Gasteiger partial charge in [-0.3, -0.25) is 0 Å². The van der Waals surface area contributed by atoms with Gasteiger partial charge in [-0.25, -0.2) is 15.8 Å². The fraction of sp³-hybridized carbons (Fsp3) is 0.667. The zero-order valence-electron chi connectivity index (χ0n) is 10.9. The van der Waals surface area contributed by atoms with Gasteiger partial charge in [-0.15, -0.1) is 0 Å². The van der Waals surface area contributed by atoms with Crippen molar-refractivity contribution in [2.24, 2.45) is 11.8 Å². The van der Waals surface area contributed by atoms with E-state index in [2.05, 4.69) is 27.6 Å². The molecule has 1 aromatic rings. The molecule has 0 spiro atoms. The number of nitrogens with one attached hydrogen (secondary N) is 2. The predicted octanol–water partition coefficient (Wildman–Crippen LogP) is 1.76. The van der Waals surface area contributed by atoms with Crippen molar-refractivity contribution >= 4 is 11.6 Å². The molecule has 4 N–H and O–H groups in total. The zero-order valence-corrected chi connectivity index (χ0v) is 10.9. The topological polar surface area (TPSA) is 85.1 Å². The van der Waals surface area contributed by atoms with Crippen LogP contribution in [0.1, 0.15) is 32.6 Å². The molecule has 1 fully saturated rings. The lowest BCUT2D eigenvalue weighted by Crippen LogP contribution is -2.27. The number of methoxy groups -OCH3 is 1. The van der Waals surface area contributed by atoms with E-state index in [1.54, 1.807) is 7.11 Å². The number of hydrazine groups is 1. The van der Waals surface area contributed by atoms with Gasteiger partial charge in [0.2, 0.25) is 5.75 Å². The van der Waals surface area contributed by atoms with E-state index in [0.717, 1.165) is 5.92 Å². The van der Waals surface area contributed by atoms with E-state index in [1.807, 2.05) is 0 Å². The Hall–Kier alpha value is -1.56. The molecule has 6 heteroatoms. The molecule has 2 atom stereocenters. The van der Waals surface area contributed by atoms with E-state index in [0.29, 0.717) is 23.4 Å². The van der Waals surface area contributed by atoms with Gasteiger partial charge >= 0.3 is 0 Å².